The van der Waals surface area contributed by atoms with Gasteiger partial charge in [-0.2, -0.15) is 0 Å². The molecule has 0 saturated carbocycles. The molecule has 0 aliphatic carbocycles. The van der Waals surface area contributed by atoms with Crippen molar-refractivity contribution in [3.8, 4) is 0 Å². The minimum Gasteiger partial charge on any atom is -0.385 e. The predicted molar refractivity (Wildman–Crippen MR) is 73.0 cm³/mol. The van der Waals surface area contributed by atoms with Crippen LogP contribution in [-0.2, 0) is 0 Å². The Kier molecular flexibility index (Phi) is 4.24. The normalized spacial score (nSPS) is 20.8. The Balaban J connectivity index is 1.86. The molecule has 1 fully saturated rings. The first-order chi connectivity index (χ1) is 7.75. The smallest absolute Gasteiger partial charge is 0.0351 e. The van der Waals surface area contributed by atoms with Crippen LogP contribution in [-0.4, -0.2) is 19.6 Å². The van der Waals surface area contributed by atoms with Crippen LogP contribution >= 0.6 is 15.9 Å². The highest BCUT2D eigenvalue weighted by molar-refractivity contribution is 9.10. The molecule has 2 rings (SSSR count). The molecule has 2 N–H and O–H groups in total. The monoisotopic (exact) mass is 282 g/mol. The summed E-state index contributed by atoms with van der Waals surface area (Å²) >= 11 is 3.56. The highest BCUT2D eigenvalue weighted by Crippen LogP contribution is 2.21. The van der Waals surface area contributed by atoms with E-state index in [0.29, 0.717) is 0 Å². The minimum absolute atomic E-state index is 0.772. The van der Waals surface area contributed by atoms with Crippen molar-refractivity contribution in [3.05, 3.63) is 28.2 Å². The van der Waals surface area contributed by atoms with Gasteiger partial charge in [0.25, 0.3) is 0 Å². The predicted octanol–water partition coefficient (Wildman–Crippen LogP) is 3.17. The SMILES string of the molecule is Cc1ccc(NCC2CCCNC2)cc1Br. The van der Waals surface area contributed by atoms with Gasteiger partial charge in [-0.3, -0.25) is 0 Å². The number of piperidine rings is 1. The number of halogens is 1. The lowest BCUT2D eigenvalue weighted by Gasteiger charge is -2.23. The fraction of sp³-hybridized carbons (Fsp3) is 0.538. The van der Waals surface area contributed by atoms with Crippen LogP contribution in [0.15, 0.2) is 22.7 Å². The summed E-state index contributed by atoms with van der Waals surface area (Å²) in [4.78, 5) is 0. The molecule has 0 amide bonds. The molecular weight excluding hydrogens is 264 g/mol. The van der Waals surface area contributed by atoms with Crippen LogP contribution < -0.4 is 10.6 Å². The maximum atomic E-state index is 3.56. The highest BCUT2D eigenvalue weighted by atomic mass is 79.9. The molecule has 0 radical (unpaired) electrons. The number of hydrogen-bond acceptors (Lipinski definition) is 2. The molecule has 3 heteroatoms. The van der Waals surface area contributed by atoms with Gasteiger partial charge in [-0.05, 0) is 56.5 Å². The number of rotatable bonds is 3. The average molecular weight is 283 g/mol. The number of aryl methyl sites for hydroxylation is 1. The third kappa shape index (κ3) is 3.22. The van der Waals surface area contributed by atoms with Crippen molar-refractivity contribution in [1.82, 2.24) is 5.32 Å². The zero-order valence-corrected chi connectivity index (χ0v) is 11.3. The molecule has 88 valence electrons. The Morgan fingerprint density at radius 3 is 3.06 bits per heavy atom. The van der Waals surface area contributed by atoms with E-state index in [1.807, 2.05) is 0 Å². The van der Waals surface area contributed by atoms with Gasteiger partial charge >= 0.3 is 0 Å². The first-order valence-corrected chi connectivity index (χ1v) is 6.76. The molecule has 0 bridgehead atoms. The topological polar surface area (TPSA) is 24.1 Å². The van der Waals surface area contributed by atoms with Crippen LogP contribution in [0.3, 0.4) is 0 Å². The minimum atomic E-state index is 0.772. The van der Waals surface area contributed by atoms with E-state index < -0.39 is 0 Å². The van der Waals surface area contributed by atoms with E-state index in [4.69, 9.17) is 0 Å². The molecule has 1 atom stereocenters. The molecule has 1 unspecified atom stereocenters. The number of benzene rings is 1. The lowest BCUT2D eigenvalue weighted by molar-refractivity contribution is 0.393. The van der Waals surface area contributed by atoms with Gasteiger partial charge in [-0.1, -0.05) is 22.0 Å². The van der Waals surface area contributed by atoms with Gasteiger partial charge in [-0.25, -0.2) is 0 Å². The van der Waals surface area contributed by atoms with Crippen LogP contribution in [0.5, 0.6) is 0 Å². The molecule has 1 aliphatic rings. The second-order valence-electron chi connectivity index (χ2n) is 4.56. The number of hydrogen-bond donors (Lipinski definition) is 2. The molecule has 1 heterocycles. The molecule has 0 aromatic heterocycles. The van der Waals surface area contributed by atoms with Gasteiger partial charge in [0.05, 0.1) is 0 Å². The Labute approximate surface area is 106 Å². The number of anilines is 1. The molecule has 0 spiro atoms. The van der Waals surface area contributed by atoms with Gasteiger partial charge < -0.3 is 10.6 Å². The summed E-state index contributed by atoms with van der Waals surface area (Å²) in [6, 6.07) is 6.45. The Bertz CT molecular complexity index is 346. The second-order valence-corrected chi connectivity index (χ2v) is 5.41. The van der Waals surface area contributed by atoms with E-state index >= 15 is 0 Å². The largest absolute Gasteiger partial charge is 0.385 e. The maximum absolute atomic E-state index is 3.56. The summed E-state index contributed by atoms with van der Waals surface area (Å²) in [5.41, 5.74) is 2.49. The summed E-state index contributed by atoms with van der Waals surface area (Å²) in [6.07, 6.45) is 2.65. The van der Waals surface area contributed by atoms with Crippen molar-refractivity contribution in [2.75, 3.05) is 25.0 Å². The Morgan fingerprint density at radius 1 is 1.50 bits per heavy atom. The van der Waals surface area contributed by atoms with Crippen LogP contribution in [0.25, 0.3) is 0 Å². The third-order valence-electron chi connectivity index (χ3n) is 3.17. The van der Waals surface area contributed by atoms with E-state index in [-0.39, 0.29) is 0 Å². The van der Waals surface area contributed by atoms with Crippen molar-refractivity contribution in [2.24, 2.45) is 5.92 Å². The molecule has 1 aromatic carbocycles. The lowest BCUT2D eigenvalue weighted by Crippen LogP contribution is -2.33. The fourth-order valence-corrected chi connectivity index (χ4v) is 2.44. The lowest BCUT2D eigenvalue weighted by atomic mass is 10.00. The van der Waals surface area contributed by atoms with Crippen molar-refractivity contribution >= 4 is 21.6 Å². The summed E-state index contributed by atoms with van der Waals surface area (Å²) in [7, 11) is 0. The number of nitrogens with one attached hydrogen (secondary N) is 2. The molecule has 1 aromatic rings. The summed E-state index contributed by atoms with van der Waals surface area (Å²) in [5, 5.41) is 6.95. The summed E-state index contributed by atoms with van der Waals surface area (Å²) < 4.78 is 1.18. The van der Waals surface area contributed by atoms with Crippen LogP contribution in [0.1, 0.15) is 18.4 Å². The van der Waals surface area contributed by atoms with Crippen molar-refractivity contribution in [2.45, 2.75) is 19.8 Å². The average Bonchev–Trinajstić information content (AvgIpc) is 2.32. The molecule has 16 heavy (non-hydrogen) atoms. The highest BCUT2D eigenvalue weighted by Gasteiger charge is 2.12. The summed E-state index contributed by atoms with van der Waals surface area (Å²) in [6.45, 7) is 5.52. The fourth-order valence-electron chi connectivity index (χ4n) is 2.06. The first kappa shape index (κ1) is 11.9. The Morgan fingerprint density at radius 2 is 2.38 bits per heavy atom. The third-order valence-corrected chi connectivity index (χ3v) is 4.02. The summed E-state index contributed by atoms with van der Waals surface area (Å²) in [5.74, 6) is 0.772. The zero-order chi connectivity index (χ0) is 11.4. The van der Waals surface area contributed by atoms with Crippen LogP contribution in [0.4, 0.5) is 5.69 Å². The van der Waals surface area contributed by atoms with Crippen molar-refractivity contribution < 1.29 is 0 Å². The van der Waals surface area contributed by atoms with E-state index in [1.54, 1.807) is 0 Å². The zero-order valence-electron chi connectivity index (χ0n) is 9.72. The van der Waals surface area contributed by atoms with Crippen molar-refractivity contribution in [1.29, 1.82) is 0 Å². The van der Waals surface area contributed by atoms with Crippen LogP contribution in [0, 0.1) is 12.8 Å². The van der Waals surface area contributed by atoms with Gasteiger partial charge in [0.1, 0.15) is 0 Å². The van der Waals surface area contributed by atoms with Gasteiger partial charge in [0, 0.05) is 16.7 Å². The quantitative estimate of drug-likeness (QED) is 0.890. The van der Waals surface area contributed by atoms with E-state index in [1.165, 1.54) is 35.1 Å². The molecule has 1 aliphatic heterocycles. The second kappa shape index (κ2) is 5.69. The standard InChI is InChI=1S/C13H19BrN2/c1-10-4-5-12(7-13(10)14)16-9-11-3-2-6-15-8-11/h4-5,7,11,15-16H,2-3,6,8-9H2,1H3. The van der Waals surface area contributed by atoms with Gasteiger partial charge in [-0.15, -0.1) is 0 Å². The molecule has 2 nitrogen and oxygen atoms in total. The van der Waals surface area contributed by atoms with E-state index in [9.17, 15) is 0 Å². The van der Waals surface area contributed by atoms with E-state index in [0.717, 1.165) is 19.0 Å². The molecule has 1 saturated heterocycles. The van der Waals surface area contributed by atoms with Crippen molar-refractivity contribution in [3.63, 3.8) is 0 Å². The maximum Gasteiger partial charge on any atom is 0.0351 e. The van der Waals surface area contributed by atoms with Crippen LogP contribution in [0.2, 0.25) is 0 Å². The molecular formula is C13H19BrN2. The van der Waals surface area contributed by atoms with Gasteiger partial charge in [0.2, 0.25) is 0 Å². The Hall–Kier alpha value is -0.540. The van der Waals surface area contributed by atoms with Gasteiger partial charge in [0.15, 0.2) is 0 Å². The first-order valence-electron chi connectivity index (χ1n) is 5.96. The van der Waals surface area contributed by atoms with E-state index in [2.05, 4.69) is 51.7 Å².